The van der Waals surface area contributed by atoms with Crippen LogP contribution in [0.25, 0.3) is 10.9 Å². The molecule has 154 valence electrons. The Morgan fingerprint density at radius 3 is 3.00 bits per heavy atom. The Bertz CT molecular complexity index is 1060. The third-order valence-corrected chi connectivity index (χ3v) is 6.10. The molecule has 7 nitrogen and oxygen atoms in total. The molecule has 1 atom stereocenters. The normalized spacial score (nSPS) is 14.9. The van der Waals surface area contributed by atoms with Gasteiger partial charge in [0, 0.05) is 46.9 Å². The average Bonchev–Trinajstić information content (AvgIpc) is 3.28. The number of hydrogen-bond acceptors (Lipinski definition) is 6. The summed E-state index contributed by atoms with van der Waals surface area (Å²) in [5.41, 5.74) is 8.20. The number of carbonyl (C=O) groups excluding carboxylic acids is 2. The van der Waals surface area contributed by atoms with E-state index >= 15 is 0 Å². The number of nitrogens with zero attached hydrogens (tertiary/aromatic N) is 2. The minimum atomic E-state index is -0.854. The molecule has 0 bridgehead atoms. The predicted molar refractivity (Wildman–Crippen MR) is 117 cm³/mol. The first-order chi connectivity index (χ1) is 13.4. The van der Waals surface area contributed by atoms with Gasteiger partial charge in [-0.1, -0.05) is 11.6 Å². The molecular weight excluding hydrogens is 433 g/mol. The van der Waals surface area contributed by atoms with Crippen molar-refractivity contribution in [2.45, 2.75) is 19.0 Å². The fraction of sp³-hybridized carbons (Fsp3) is 0.316. The number of amides is 1. The van der Waals surface area contributed by atoms with Gasteiger partial charge in [-0.15, -0.1) is 23.7 Å². The zero-order valence-electron chi connectivity index (χ0n) is 15.7. The lowest BCUT2D eigenvalue weighted by Gasteiger charge is -2.20. The molecule has 0 spiro atoms. The Labute approximate surface area is 183 Å². The van der Waals surface area contributed by atoms with E-state index in [4.69, 9.17) is 17.3 Å². The SMILES string of the molecule is CN1CCc2nc(C(=O)NCC(N)C(=O)c3cc4cc(Cl)ccc4[nH]3)sc2C1.Cl. The molecule has 0 saturated carbocycles. The zero-order valence-corrected chi connectivity index (χ0v) is 18.1. The number of likely N-dealkylation sites (N-methyl/N-ethyl adjacent to an activating group) is 1. The molecule has 0 aliphatic carbocycles. The van der Waals surface area contributed by atoms with Gasteiger partial charge >= 0.3 is 0 Å². The van der Waals surface area contributed by atoms with E-state index < -0.39 is 6.04 Å². The molecule has 0 fully saturated rings. The number of fused-ring (bicyclic) bond motifs is 2. The number of rotatable bonds is 5. The molecule has 1 aliphatic heterocycles. The maximum absolute atomic E-state index is 12.6. The number of halogens is 2. The molecule has 0 radical (unpaired) electrons. The second kappa shape index (κ2) is 8.81. The smallest absolute Gasteiger partial charge is 0.280 e. The van der Waals surface area contributed by atoms with Crippen LogP contribution in [0.2, 0.25) is 5.02 Å². The van der Waals surface area contributed by atoms with Crippen LogP contribution in [0.1, 0.15) is 30.9 Å². The van der Waals surface area contributed by atoms with Gasteiger partial charge in [-0.05, 0) is 31.3 Å². The van der Waals surface area contributed by atoms with Crippen LogP contribution in [-0.2, 0) is 13.0 Å². The van der Waals surface area contributed by atoms with Crippen molar-refractivity contribution in [3.05, 3.63) is 50.6 Å². The molecule has 3 heterocycles. The van der Waals surface area contributed by atoms with Crippen LogP contribution in [-0.4, -0.2) is 52.7 Å². The summed E-state index contributed by atoms with van der Waals surface area (Å²) in [5, 5.41) is 4.58. The van der Waals surface area contributed by atoms with Crippen molar-refractivity contribution in [3.8, 4) is 0 Å². The maximum atomic E-state index is 12.6. The number of hydrogen-bond donors (Lipinski definition) is 3. The first kappa shape index (κ1) is 21.7. The molecule has 1 amide bonds. The summed E-state index contributed by atoms with van der Waals surface area (Å²) >= 11 is 7.38. The Hall–Kier alpha value is -1.97. The quantitative estimate of drug-likeness (QED) is 0.515. The van der Waals surface area contributed by atoms with Gasteiger partial charge in [-0.2, -0.15) is 0 Å². The second-order valence-corrected chi connectivity index (χ2v) is 8.49. The number of nitrogens with one attached hydrogen (secondary N) is 2. The van der Waals surface area contributed by atoms with Crippen molar-refractivity contribution < 1.29 is 9.59 Å². The van der Waals surface area contributed by atoms with Crippen LogP contribution >= 0.6 is 35.3 Å². The molecular formula is C19H21Cl2N5O2S. The number of Topliss-reactive ketones (excluding diaryl/α,β-unsaturated/α-hetero) is 1. The van der Waals surface area contributed by atoms with E-state index in [1.807, 2.05) is 13.1 Å². The van der Waals surface area contributed by atoms with E-state index in [0.29, 0.717) is 15.7 Å². The van der Waals surface area contributed by atoms with Gasteiger partial charge in [0.1, 0.15) is 0 Å². The number of carbonyl (C=O) groups is 2. The minimum absolute atomic E-state index is 0. The lowest BCUT2D eigenvalue weighted by atomic mass is 10.1. The van der Waals surface area contributed by atoms with Crippen molar-refractivity contribution in [1.82, 2.24) is 20.2 Å². The maximum Gasteiger partial charge on any atom is 0.280 e. The number of aromatic nitrogens is 2. The number of H-pyrrole nitrogens is 1. The monoisotopic (exact) mass is 453 g/mol. The molecule has 4 rings (SSSR count). The summed E-state index contributed by atoms with van der Waals surface area (Å²) < 4.78 is 0. The van der Waals surface area contributed by atoms with Crippen molar-refractivity contribution in [2.24, 2.45) is 5.73 Å². The lowest BCUT2D eigenvalue weighted by Crippen LogP contribution is -2.42. The van der Waals surface area contributed by atoms with Crippen molar-refractivity contribution in [2.75, 3.05) is 20.1 Å². The summed E-state index contributed by atoms with van der Waals surface area (Å²) in [6.45, 7) is 1.79. The van der Waals surface area contributed by atoms with Gasteiger partial charge in [0.15, 0.2) is 10.8 Å². The second-order valence-electron chi connectivity index (χ2n) is 6.97. The first-order valence-corrected chi connectivity index (χ1v) is 10.1. The predicted octanol–water partition coefficient (Wildman–Crippen LogP) is 2.63. The summed E-state index contributed by atoms with van der Waals surface area (Å²) in [5.74, 6) is -0.568. The van der Waals surface area contributed by atoms with Crippen LogP contribution in [0.15, 0.2) is 24.3 Å². The summed E-state index contributed by atoms with van der Waals surface area (Å²) in [6, 6.07) is 6.20. The first-order valence-electron chi connectivity index (χ1n) is 8.94. The van der Waals surface area contributed by atoms with Gasteiger partial charge in [0.2, 0.25) is 0 Å². The highest BCUT2D eigenvalue weighted by atomic mass is 35.5. The largest absolute Gasteiger partial charge is 0.352 e. The number of thiazole rings is 1. The fourth-order valence-corrected chi connectivity index (χ4v) is 4.51. The highest BCUT2D eigenvalue weighted by Gasteiger charge is 2.23. The van der Waals surface area contributed by atoms with E-state index in [1.165, 1.54) is 11.3 Å². The van der Waals surface area contributed by atoms with Gasteiger partial charge in [0.25, 0.3) is 5.91 Å². The summed E-state index contributed by atoms with van der Waals surface area (Å²) in [6.07, 6.45) is 0.845. The van der Waals surface area contributed by atoms with Crippen LogP contribution < -0.4 is 11.1 Å². The summed E-state index contributed by atoms with van der Waals surface area (Å²) in [7, 11) is 2.05. The lowest BCUT2D eigenvalue weighted by molar-refractivity contribution is 0.0925. The van der Waals surface area contributed by atoms with E-state index in [-0.39, 0.29) is 30.6 Å². The Balaban J connectivity index is 0.00000240. The molecule has 4 N–H and O–H groups in total. The average molecular weight is 454 g/mol. The standard InChI is InChI=1S/C19H20ClN5O2S.ClH/c1-25-5-4-14-16(9-25)28-19(24-14)18(27)22-8-12(21)17(26)15-7-10-6-11(20)2-3-13(10)23-15;/h2-3,6-7,12,23H,4-5,8-9,21H2,1H3,(H,22,27);1H. The highest BCUT2D eigenvalue weighted by Crippen LogP contribution is 2.24. The number of nitrogens with two attached hydrogens (primary N) is 1. The van der Waals surface area contributed by atoms with Crippen molar-refractivity contribution >= 4 is 57.9 Å². The third kappa shape index (κ3) is 4.62. The Morgan fingerprint density at radius 2 is 2.21 bits per heavy atom. The molecule has 1 aliphatic rings. The van der Waals surface area contributed by atoms with E-state index in [0.717, 1.165) is 41.0 Å². The highest BCUT2D eigenvalue weighted by molar-refractivity contribution is 7.13. The van der Waals surface area contributed by atoms with E-state index in [2.05, 4.69) is 20.2 Å². The van der Waals surface area contributed by atoms with Gasteiger partial charge in [-0.3, -0.25) is 9.59 Å². The summed E-state index contributed by atoms with van der Waals surface area (Å²) in [4.78, 5) is 35.8. The minimum Gasteiger partial charge on any atom is -0.352 e. The Kier molecular flexibility index (Phi) is 6.60. The number of aromatic amines is 1. The van der Waals surface area contributed by atoms with E-state index in [9.17, 15) is 9.59 Å². The molecule has 3 aromatic rings. The van der Waals surface area contributed by atoms with E-state index in [1.54, 1.807) is 18.2 Å². The van der Waals surface area contributed by atoms with Crippen LogP contribution in [0.3, 0.4) is 0 Å². The fourth-order valence-electron chi connectivity index (χ4n) is 3.23. The number of benzene rings is 1. The van der Waals surface area contributed by atoms with Crippen molar-refractivity contribution in [1.29, 1.82) is 0 Å². The molecule has 10 heteroatoms. The van der Waals surface area contributed by atoms with Gasteiger partial charge < -0.3 is 20.9 Å². The molecule has 0 saturated heterocycles. The Morgan fingerprint density at radius 1 is 1.41 bits per heavy atom. The van der Waals surface area contributed by atoms with Gasteiger partial charge in [-0.25, -0.2) is 4.98 Å². The molecule has 2 aromatic heterocycles. The molecule has 1 unspecified atom stereocenters. The van der Waals surface area contributed by atoms with Gasteiger partial charge in [0.05, 0.1) is 17.4 Å². The topological polar surface area (TPSA) is 104 Å². The molecule has 1 aromatic carbocycles. The third-order valence-electron chi connectivity index (χ3n) is 4.78. The van der Waals surface area contributed by atoms with Crippen molar-refractivity contribution in [3.63, 3.8) is 0 Å². The molecule has 29 heavy (non-hydrogen) atoms. The number of ketones is 1. The van der Waals surface area contributed by atoms with Crippen LogP contribution in [0.5, 0.6) is 0 Å². The van der Waals surface area contributed by atoms with Crippen LogP contribution in [0, 0.1) is 0 Å². The zero-order chi connectivity index (χ0) is 19.8. The van der Waals surface area contributed by atoms with Crippen LogP contribution in [0.4, 0.5) is 0 Å².